The molecule has 136 valence electrons. The molecule has 1 aromatic carbocycles. The van der Waals surface area contributed by atoms with Gasteiger partial charge < -0.3 is 10.2 Å². The Kier molecular flexibility index (Phi) is 4.68. The summed E-state index contributed by atoms with van der Waals surface area (Å²) in [7, 11) is 0. The number of amides is 2. The molecule has 7 heteroatoms. The van der Waals surface area contributed by atoms with Gasteiger partial charge in [0, 0.05) is 41.6 Å². The molecule has 6 nitrogen and oxygen atoms in total. The van der Waals surface area contributed by atoms with Crippen molar-refractivity contribution in [3.05, 3.63) is 75.5 Å². The third-order valence-electron chi connectivity index (χ3n) is 4.70. The van der Waals surface area contributed by atoms with Crippen molar-refractivity contribution in [3.8, 4) is 0 Å². The number of rotatable bonds is 3. The van der Waals surface area contributed by atoms with Crippen LogP contribution in [0, 0.1) is 6.92 Å². The number of nitrogens with one attached hydrogen (secondary N) is 1. The SMILES string of the molecule is Cc1c(NC(=O)c2cnccn2)cccc1C(=O)N1CCc2sccc2C1. The molecule has 1 aliphatic rings. The van der Waals surface area contributed by atoms with Crippen molar-refractivity contribution in [1.29, 1.82) is 0 Å². The Bertz CT molecular complexity index is 1000. The second-order valence-electron chi connectivity index (χ2n) is 6.37. The van der Waals surface area contributed by atoms with Crippen molar-refractivity contribution in [2.45, 2.75) is 19.9 Å². The van der Waals surface area contributed by atoms with Crippen LogP contribution in [-0.4, -0.2) is 33.2 Å². The Hall–Kier alpha value is -3.06. The fourth-order valence-electron chi connectivity index (χ4n) is 3.20. The molecule has 0 bridgehead atoms. The second kappa shape index (κ2) is 7.28. The Labute approximate surface area is 160 Å². The summed E-state index contributed by atoms with van der Waals surface area (Å²) in [4.78, 5) is 36.5. The molecule has 27 heavy (non-hydrogen) atoms. The number of aromatic nitrogens is 2. The first-order valence-corrected chi connectivity index (χ1v) is 9.53. The average Bonchev–Trinajstić information content (AvgIpc) is 3.17. The maximum absolute atomic E-state index is 13.1. The van der Waals surface area contributed by atoms with Gasteiger partial charge in [-0.1, -0.05) is 6.07 Å². The number of anilines is 1. The topological polar surface area (TPSA) is 75.2 Å². The zero-order valence-electron chi connectivity index (χ0n) is 14.8. The molecular weight excluding hydrogens is 360 g/mol. The van der Waals surface area contributed by atoms with Crippen LogP contribution < -0.4 is 5.32 Å². The van der Waals surface area contributed by atoms with E-state index in [1.54, 1.807) is 29.5 Å². The van der Waals surface area contributed by atoms with E-state index in [9.17, 15) is 9.59 Å². The van der Waals surface area contributed by atoms with Gasteiger partial charge in [0.05, 0.1) is 6.20 Å². The van der Waals surface area contributed by atoms with Crippen LogP contribution in [0.1, 0.15) is 36.9 Å². The van der Waals surface area contributed by atoms with E-state index in [2.05, 4.69) is 26.7 Å². The van der Waals surface area contributed by atoms with E-state index in [0.717, 1.165) is 12.0 Å². The van der Waals surface area contributed by atoms with Gasteiger partial charge in [-0.05, 0) is 48.1 Å². The van der Waals surface area contributed by atoms with Gasteiger partial charge in [0.2, 0.25) is 0 Å². The molecule has 4 rings (SSSR count). The summed E-state index contributed by atoms with van der Waals surface area (Å²) in [6.45, 7) is 3.19. The van der Waals surface area contributed by atoms with Crippen molar-refractivity contribution in [1.82, 2.24) is 14.9 Å². The van der Waals surface area contributed by atoms with Crippen molar-refractivity contribution < 1.29 is 9.59 Å². The minimum absolute atomic E-state index is 0.0139. The highest BCUT2D eigenvalue weighted by atomic mass is 32.1. The number of carbonyl (C=O) groups is 2. The molecular formula is C20H18N4O2S. The molecule has 1 aliphatic heterocycles. The van der Waals surface area contributed by atoms with Crippen LogP contribution in [0.3, 0.4) is 0 Å². The van der Waals surface area contributed by atoms with Crippen molar-refractivity contribution >= 4 is 28.8 Å². The summed E-state index contributed by atoms with van der Waals surface area (Å²) in [5, 5.41) is 4.90. The molecule has 0 spiro atoms. The first-order chi connectivity index (χ1) is 13.1. The van der Waals surface area contributed by atoms with Gasteiger partial charge in [0.25, 0.3) is 11.8 Å². The van der Waals surface area contributed by atoms with Gasteiger partial charge in [-0.2, -0.15) is 0 Å². The lowest BCUT2D eigenvalue weighted by molar-refractivity contribution is 0.0735. The highest BCUT2D eigenvalue weighted by Crippen LogP contribution is 2.27. The first-order valence-electron chi connectivity index (χ1n) is 8.65. The second-order valence-corrected chi connectivity index (χ2v) is 7.37. The quantitative estimate of drug-likeness (QED) is 0.759. The van der Waals surface area contributed by atoms with E-state index >= 15 is 0 Å². The highest BCUT2D eigenvalue weighted by Gasteiger charge is 2.24. The lowest BCUT2D eigenvalue weighted by atomic mass is 10.0. The summed E-state index contributed by atoms with van der Waals surface area (Å²) in [5.74, 6) is -0.364. The summed E-state index contributed by atoms with van der Waals surface area (Å²) in [6, 6.07) is 7.46. The maximum Gasteiger partial charge on any atom is 0.275 e. The molecule has 0 saturated heterocycles. The van der Waals surface area contributed by atoms with E-state index < -0.39 is 0 Å². The molecule has 0 saturated carbocycles. The number of fused-ring (bicyclic) bond motifs is 1. The number of hydrogen-bond acceptors (Lipinski definition) is 5. The van der Waals surface area contributed by atoms with Crippen molar-refractivity contribution in [2.75, 3.05) is 11.9 Å². The lowest BCUT2D eigenvalue weighted by Gasteiger charge is -2.28. The predicted molar refractivity (Wildman–Crippen MR) is 104 cm³/mol. The third-order valence-corrected chi connectivity index (χ3v) is 5.73. The van der Waals surface area contributed by atoms with Crippen LogP contribution in [-0.2, 0) is 13.0 Å². The molecule has 0 atom stereocenters. The van der Waals surface area contributed by atoms with E-state index in [4.69, 9.17) is 0 Å². The molecule has 0 unspecified atom stereocenters. The molecule has 0 aliphatic carbocycles. The van der Waals surface area contributed by atoms with Crippen LogP contribution in [0.15, 0.2) is 48.2 Å². The number of carbonyl (C=O) groups excluding carboxylic acids is 2. The van der Waals surface area contributed by atoms with E-state index in [0.29, 0.717) is 24.3 Å². The summed E-state index contributed by atoms with van der Waals surface area (Å²) in [5.41, 5.74) is 3.41. The number of nitrogens with zero attached hydrogens (tertiary/aromatic N) is 3. The van der Waals surface area contributed by atoms with Gasteiger partial charge in [-0.15, -0.1) is 11.3 Å². The zero-order valence-corrected chi connectivity index (χ0v) is 15.6. The van der Waals surface area contributed by atoms with Crippen LogP contribution in [0.5, 0.6) is 0 Å². The minimum Gasteiger partial charge on any atom is -0.334 e. The fourth-order valence-corrected chi connectivity index (χ4v) is 4.09. The molecule has 3 heterocycles. The normalized spacial score (nSPS) is 13.1. The van der Waals surface area contributed by atoms with Gasteiger partial charge >= 0.3 is 0 Å². The molecule has 2 amide bonds. The Morgan fingerprint density at radius 2 is 2.11 bits per heavy atom. The van der Waals surface area contributed by atoms with Crippen LogP contribution >= 0.6 is 11.3 Å². The van der Waals surface area contributed by atoms with Gasteiger partial charge in [-0.25, -0.2) is 4.98 Å². The molecule has 2 aromatic heterocycles. The molecule has 0 fully saturated rings. The number of benzene rings is 1. The van der Waals surface area contributed by atoms with Gasteiger partial charge in [0.1, 0.15) is 5.69 Å². The molecule has 3 aromatic rings. The monoisotopic (exact) mass is 378 g/mol. The average molecular weight is 378 g/mol. The lowest BCUT2D eigenvalue weighted by Crippen LogP contribution is -2.35. The largest absolute Gasteiger partial charge is 0.334 e. The van der Waals surface area contributed by atoms with Gasteiger partial charge in [0.15, 0.2) is 0 Å². The smallest absolute Gasteiger partial charge is 0.275 e. The van der Waals surface area contributed by atoms with E-state index in [1.807, 2.05) is 11.8 Å². The summed E-state index contributed by atoms with van der Waals surface area (Å²) >= 11 is 1.75. The van der Waals surface area contributed by atoms with Crippen molar-refractivity contribution in [3.63, 3.8) is 0 Å². The minimum atomic E-state index is -0.350. The Morgan fingerprint density at radius 1 is 1.22 bits per heavy atom. The van der Waals surface area contributed by atoms with E-state index in [-0.39, 0.29) is 17.5 Å². The zero-order chi connectivity index (χ0) is 18.8. The Balaban J connectivity index is 1.55. The Morgan fingerprint density at radius 3 is 2.93 bits per heavy atom. The maximum atomic E-state index is 13.1. The summed E-state index contributed by atoms with van der Waals surface area (Å²) < 4.78 is 0. The molecule has 0 radical (unpaired) electrons. The van der Waals surface area contributed by atoms with Crippen LogP contribution in [0.25, 0.3) is 0 Å². The van der Waals surface area contributed by atoms with E-state index in [1.165, 1.54) is 29.0 Å². The first kappa shape index (κ1) is 17.4. The standard InChI is InChI=1S/C20H18N4O2S/c1-13-15(20(26)24-9-5-18-14(12-24)6-10-27-18)3-2-4-16(13)23-19(25)17-11-21-7-8-22-17/h2-4,6-8,10-11H,5,9,12H2,1H3,(H,23,25). The summed E-state index contributed by atoms with van der Waals surface area (Å²) in [6.07, 6.45) is 5.28. The van der Waals surface area contributed by atoms with Crippen LogP contribution in [0.4, 0.5) is 5.69 Å². The number of hydrogen-bond donors (Lipinski definition) is 1. The predicted octanol–water partition coefficient (Wildman–Crippen LogP) is 3.30. The number of thiophene rings is 1. The third kappa shape index (κ3) is 3.46. The van der Waals surface area contributed by atoms with Crippen molar-refractivity contribution in [2.24, 2.45) is 0 Å². The fraction of sp³-hybridized carbons (Fsp3) is 0.200. The van der Waals surface area contributed by atoms with Crippen LogP contribution in [0.2, 0.25) is 0 Å². The molecule has 1 N–H and O–H groups in total. The highest BCUT2D eigenvalue weighted by molar-refractivity contribution is 7.10. The van der Waals surface area contributed by atoms with Gasteiger partial charge in [-0.3, -0.25) is 14.6 Å².